The normalized spacial score (nSPS) is 24.2. The van der Waals surface area contributed by atoms with Crippen LogP contribution in [0, 0.1) is 12.8 Å². The van der Waals surface area contributed by atoms with Crippen LogP contribution in [0.1, 0.15) is 37.0 Å². The quantitative estimate of drug-likeness (QED) is 0.755. The van der Waals surface area contributed by atoms with Crippen LogP contribution in [-0.2, 0) is 11.3 Å². The molecule has 0 saturated heterocycles. The molecule has 0 radical (unpaired) electrons. The summed E-state index contributed by atoms with van der Waals surface area (Å²) < 4.78 is 20.4. The second kappa shape index (κ2) is 6.76. The van der Waals surface area contributed by atoms with Crippen LogP contribution in [0.4, 0.5) is 4.39 Å². The second-order valence-corrected chi connectivity index (χ2v) is 6.55. The lowest BCUT2D eigenvalue weighted by molar-refractivity contribution is -0.143. The molecule has 2 aromatic rings. The van der Waals surface area contributed by atoms with E-state index < -0.39 is 17.6 Å². The van der Waals surface area contributed by atoms with Crippen molar-refractivity contribution >= 4 is 5.97 Å². The van der Waals surface area contributed by atoms with Crippen LogP contribution >= 0.6 is 0 Å². The van der Waals surface area contributed by atoms with E-state index in [9.17, 15) is 9.18 Å². The van der Waals surface area contributed by atoms with E-state index in [4.69, 9.17) is 9.52 Å². The minimum absolute atomic E-state index is 0.209. The van der Waals surface area contributed by atoms with Gasteiger partial charge in [0.25, 0.3) is 0 Å². The highest BCUT2D eigenvalue weighted by molar-refractivity contribution is 5.70. The standard InChI is InChI=1S/C17H22FN3O3/c1-11-2-3-14(24-11)15-13(9-20-21-15)8-19-10-17(18)6-4-12(5-7-17)16(22)23/h2-3,9,12,19H,4-8,10H2,1H3,(H,20,21)(H,22,23). The van der Waals surface area contributed by atoms with Crippen molar-refractivity contribution in [1.82, 2.24) is 15.5 Å². The van der Waals surface area contributed by atoms with Crippen LogP contribution in [0.25, 0.3) is 11.5 Å². The number of hydrogen-bond acceptors (Lipinski definition) is 4. The van der Waals surface area contributed by atoms with E-state index in [1.807, 2.05) is 19.1 Å². The maximum absolute atomic E-state index is 14.8. The molecule has 2 aromatic heterocycles. The van der Waals surface area contributed by atoms with Crippen molar-refractivity contribution < 1.29 is 18.7 Å². The van der Waals surface area contributed by atoms with Gasteiger partial charge in [0, 0.05) is 18.7 Å². The number of halogens is 1. The number of aliphatic carboxylic acids is 1. The van der Waals surface area contributed by atoms with Gasteiger partial charge >= 0.3 is 5.97 Å². The molecule has 0 aromatic carbocycles. The number of rotatable bonds is 6. The molecule has 0 unspecified atom stereocenters. The number of furan rings is 1. The van der Waals surface area contributed by atoms with Gasteiger partial charge in [0.05, 0.1) is 12.1 Å². The van der Waals surface area contributed by atoms with Crippen LogP contribution in [0.5, 0.6) is 0 Å². The fourth-order valence-corrected chi connectivity index (χ4v) is 3.21. The van der Waals surface area contributed by atoms with Crippen molar-refractivity contribution in [2.75, 3.05) is 6.54 Å². The minimum Gasteiger partial charge on any atom is -0.481 e. The van der Waals surface area contributed by atoms with E-state index in [-0.39, 0.29) is 19.4 Å². The van der Waals surface area contributed by atoms with Gasteiger partial charge < -0.3 is 14.8 Å². The van der Waals surface area contributed by atoms with Crippen molar-refractivity contribution in [1.29, 1.82) is 0 Å². The first-order chi connectivity index (χ1) is 11.5. The Kier molecular flexibility index (Phi) is 4.71. The molecule has 1 fully saturated rings. The maximum atomic E-state index is 14.8. The Hall–Kier alpha value is -2.15. The van der Waals surface area contributed by atoms with Crippen molar-refractivity contribution in [3.05, 3.63) is 29.7 Å². The average molecular weight is 335 g/mol. The van der Waals surface area contributed by atoms with Gasteiger partial charge in [-0.2, -0.15) is 5.10 Å². The molecule has 1 aliphatic carbocycles. The van der Waals surface area contributed by atoms with E-state index in [1.54, 1.807) is 6.20 Å². The number of alkyl halides is 1. The highest BCUT2D eigenvalue weighted by Gasteiger charge is 2.37. The lowest BCUT2D eigenvalue weighted by atomic mass is 9.80. The van der Waals surface area contributed by atoms with Gasteiger partial charge in [-0.15, -0.1) is 0 Å². The van der Waals surface area contributed by atoms with E-state index in [1.165, 1.54) is 0 Å². The summed E-state index contributed by atoms with van der Waals surface area (Å²) >= 11 is 0. The number of H-pyrrole nitrogens is 1. The first kappa shape index (κ1) is 16.7. The predicted molar refractivity (Wildman–Crippen MR) is 86.2 cm³/mol. The monoisotopic (exact) mass is 335 g/mol. The zero-order valence-electron chi connectivity index (χ0n) is 13.6. The first-order valence-corrected chi connectivity index (χ1v) is 8.18. The fourth-order valence-electron chi connectivity index (χ4n) is 3.21. The number of aryl methyl sites for hydroxylation is 1. The molecule has 3 rings (SSSR count). The summed E-state index contributed by atoms with van der Waals surface area (Å²) in [5.41, 5.74) is 0.363. The Labute approximate surface area is 139 Å². The Morgan fingerprint density at radius 3 is 2.88 bits per heavy atom. The predicted octanol–water partition coefficient (Wildman–Crippen LogP) is 3.05. The number of hydrogen-bond donors (Lipinski definition) is 3. The van der Waals surface area contributed by atoms with Gasteiger partial charge in [0.2, 0.25) is 0 Å². The number of nitrogens with zero attached hydrogens (tertiary/aromatic N) is 1. The Morgan fingerprint density at radius 1 is 1.50 bits per heavy atom. The second-order valence-electron chi connectivity index (χ2n) is 6.55. The highest BCUT2D eigenvalue weighted by Crippen LogP contribution is 2.35. The number of aromatic amines is 1. The van der Waals surface area contributed by atoms with Gasteiger partial charge in [-0.25, -0.2) is 4.39 Å². The third kappa shape index (κ3) is 3.67. The summed E-state index contributed by atoms with van der Waals surface area (Å²) in [6.45, 7) is 2.55. The molecule has 7 heteroatoms. The van der Waals surface area contributed by atoms with Crippen molar-refractivity contribution in [3.63, 3.8) is 0 Å². The molecule has 0 aliphatic heterocycles. The highest BCUT2D eigenvalue weighted by atomic mass is 19.1. The topological polar surface area (TPSA) is 91.2 Å². The van der Waals surface area contributed by atoms with E-state index in [0.717, 1.165) is 17.0 Å². The molecular weight excluding hydrogens is 313 g/mol. The van der Waals surface area contributed by atoms with E-state index in [0.29, 0.717) is 25.1 Å². The summed E-state index contributed by atoms with van der Waals surface area (Å²) in [6, 6.07) is 3.75. The SMILES string of the molecule is Cc1ccc(-c2[nH]ncc2CNCC2(F)CCC(C(=O)O)CC2)o1. The number of aromatic nitrogens is 2. The van der Waals surface area contributed by atoms with Gasteiger partial charge in [-0.05, 0) is 44.7 Å². The summed E-state index contributed by atoms with van der Waals surface area (Å²) in [5, 5.41) is 19.1. The molecule has 0 atom stereocenters. The molecule has 0 amide bonds. The Morgan fingerprint density at radius 2 is 2.25 bits per heavy atom. The first-order valence-electron chi connectivity index (χ1n) is 8.18. The molecule has 0 spiro atoms. The molecule has 1 saturated carbocycles. The van der Waals surface area contributed by atoms with Crippen LogP contribution in [0.2, 0.25) is 0 Å². The van der Waals surface area contributed by atoms with Gasteiger partial charge in [0.15, 0.2) is 5.76 Å². The zero-order chi connectivity index (χ0) is 17.2. The number of nitrogens with one attached hydrogen (secondary N) is 2. The third-order valence-corrected chi connectivity index (χ3v) is 4.69. The third-order valence-electron chi connectivity index (χ3n) is 4.69. The molecule has 6 nitrogen and oxygen atoms in total. The summed E-state index contributed by atoms with van der Waals surface area (Å²) in [5.74, 6) is 0.300. The van der Waals surface area contributed by atoms with Crippen molar-refractivity contribution in [3.8, 4) is 11.5 Å². The van der Waals surface area contributed by atoms with Crippen LogP contribution in [-0.4, -0.2) is 33.5 Å². The van der Waals surface area contributed by atoms with Crippen LogP contribution < -0.4 is 5.32 Å². The zero-order valence-corrected chi connectivity index (χ0v) is 13.6. The summed E-state index contributed by atoms with van der Waals surface area (Å²) in [4.78, 5) is 11.0. The number of carboxylic acids is 1. The van der Waals surface area contributed by atoms with Crippen LogP contribution in [0.3, 0.4) is 0 Å². The summed E-state index contributed by atoms with van der Waals surface area (Å²) in [7, 11) is 0. The lowest BCUT2D eigenvalue weighted by Crippen LogP contribution is -2.40. The van der Waals surface area contributed by atoms with Gasteiger partial charge in [-0.3, -0.25) is 9.89 Å². The molecule has 3 N–H and O–H groups in total. The Balaban J connectivity index is 1.54. The molecule has 1 aliphatic rings. The van der Waals surface area contributed by atoms with Gasteiger partial charge in [0.1, 0.15) is 17.1 Å². The minimum atomic E-state index is -1.34. The van der Waals surface area contributed by atoms with Gasteiger partial charge in [-0.1, -0.05) is 0 Å². The molecule has 24 heavy (non-hydrogen) atoms. The average Bonchev–Trinajstić information content (AvgIpc) is 3.16. The molecule has 0 bridgehead atoms. The Bertz CT molecular complexity index is 702. The number of carbonyl (C=O) groups is 1. The van der Waals surface area contributed by atoms with E-state index >= 15 is 0 Å². The van der Waals surface area contributed by atoms with Crippen molar-refractivity contribution in [2.24, 2.45) is 5.92 Å². The fraction of sp³-hybridized carbons (Fsp3) is 0.529. The largest absolute Gasteiger partial charge is 0.481 e. The maximum Gasteiger partial charge on any atom is 0.306 e. The molecular formula is C17H22FN3O3. The lowest BCUT2D eigenvalue weighted by Gasteiger charge is -2.32. The van der Waals surface area contributed by atoms with Crippen molar-refractivity contribution in [2.45, 2.75) is 44.8 Å². The molecule has 2 heterocycles. The van der Waals surface area contributed by atoms with E-state index in [2.05, 4.69) is 15.5 Å². The number of carboxylic acid groups (broad SMARTS) is 1. The summed E-state index contributed by atoms with van der Waals surface area (Å²) in [6.07, 6.45) is 3.07. The van der Waals surface area contributed by atoms with Crippen LogP contribution in [0.15, 0.2) is 22.7 Å². The molecule has 130 valence electrons. The smallest absolute Gasteiger partial charge is 0.306 e.